The van der Waals surface area contributed by atoms with E-state index in [0.29, 0.717) is 11.5 Å². The van der Waals surface area contributed by atoms with Crippen molar-refractivity contribution in [1.29, 1.82) is 0 Å². The van der Waals surface area contributed by atoms with Crippen molar-refractivity contribution < 1.29 is 14.6 Å². The van der Waals surface area contributed by atoms with Crippen LogP contribution in [0, 0.1) is 6.92 Å². The van der Waals surface area contributed by atoms with Crippen LogP contribution in [-0.2, 0) is 0 Å². The summed E-state index contributed by atoms with van der Waals surface area (Å²) in [4.78, 5) is 11.0. The summed E-state index contributed by atoms with van der Waals surface area (Å²) in [5.74, 6) is -0.0131. The molecule has 0 aliphatic carbocycles. The number of para-hydroxylation sites is 1. The molecule has 2 aromatic rings. The molecule has 0 bridgehead atoms. The van der Waals surface area contributed by atoms with E-state index < -0.39 is 5.97 Å². The summed E-state index contributed by atoms with van der Waals surface area (Å²) in [6.45, 7) is 1.98. The van der Waals surface area contributed by atoms with Gasteiger partial charge in [0.15, 0.2) is 0 Å². The highest BCUT2D eigenvalue weighted by atomic mass is 79.9. The van der Waals surface area contributed by atoms with Gasteiger partial charge in [0.25, 0.3) is 0 Å². The van der Waals surface area contributed by atoms with Gasteiger partial charge in [0.1, 0.15) is 17.1 Å². The zero-order valence-corrected chi connectivity index (χ0v) is 11.5. The van der Waals surface area contributed by atoms with Crippen LogP contribution in [0.2, 0.25) is 0 Å². The van der Waals surface area contributed by atoms with Gasteiger partial charge in [-0.15, -0.1) is 17.0 Å². The molecule has 94 valence electrons. The first kappa shape index (κ1) is 14.3. The first-order chi connectivity index (χ1) is 8.16. The van der Waals surface area contributed by atoms with E-state index >= 15 is 0 Å². The number of halogens is 1. The largest absolute Gasteiger partial charge is 0.478 e. The topological polar surface area (TPSA) is 46.5 Å². The minimum Gasteiger partial charge on any atom is -0.478 e. The van der Waals surface area contributed by atoms with Gasteiger partial charge in [-0.2, -0.15) is 0 Å². The monoisotopic (exact) mass is 308 g/mol. The van der Waals surface area contributed by atoms with E-state index in [0.717, 1.165) is 5.56 Å². The molecule has 0 amide bonds. The summed E-state index contributed by atoms with van der Waals surface area (Å²) >= 11 is 0. The Morgan fingerprint density at radius 2 is 1.67 bits per heavy atom. The summed E-state index contributed by atoms with van der Waals surface area (Å²) < 4.78 is 5.54. The van der Waals surface area contributed by atoms with Gasteiger partial charge in [-0.3, -0.25) is 0 Å². The molecule has 0 aromatic heterocycles. The highest BCUT2D eigenvalue weighted by Gasteiger charge is 2.10. The predicted octanol–water partition coefficient (Wildman–Crippen LogP) is 4.06. The number of aromatic carboxylic acids is 1. The molecule has 0 heterocycles. The van der Waals surface area contributed by atoms with E-state index in [9.17, 15) is 4.79 Å². The van der Waals surface area contributed by atoms with Crippen molar-refractivity contribution in [2.24, 2.45) is 0 Å². The van der Waals surface area contributed by atoms with Gasteiger partial charge < -0.3 is 9.84 Å². The average Bonchev–Trinajstić information content (AvgIpc) is 2.32. The molecule has 0 fully saturated rings. The maximum absolute atomic E-state index is 11.0. The van der Waals surface area contributed by atoms with Crippen LogP contribution in [0.5, 0.6) is 11.5 Å². The number of hydrogen-bond donors (Lipinski definition) is 1. The Bertz CT molecular complexity index is 535. The van der Waals surface area contributed by atoms with E-state index in [1.54, 1.807) is 18.2 Å². The molecule has 0 spiro atoms. The number of ether oxygens (including phenoxy) is 1. The molecule has 1 N–H and O–H groups in total. The second kappa shape index (κ2) is 6.21. The Morgan fingerprint density at radius 3 is 2.28 bits per heavy atom. The van der Waals surface area contributed by atoms with Crippen LogP contribution >= 0.6 is 17.0 Å². The van der Waals surface area contributed by atoms with Gasteiger partial charge in [-0.1, -0.05) is 29.8 Å². The van der Waals surface area contributed by atoms with Gasteiger partial charge >= 0.3 is 5.97 Å². The number of aryl methyl sites for hydroxylation is 1. The van der Waals surface area contributed by atoms with E-state index in [1.807, 2.05) is 31.2 Å². The number of carbonyl (C=O) groups is 1. The molecule has 4 heteroatoms. The van der Waals surface area contributed by atoms with Crippen molar-refractivity contribution in [3.05, 3.63) is 59.7 Å². The standard InChI is InChI=1S/C14H12O3.BrH/c1-10-6-8-11(9-7-10)17-13-5-3-2-4-12(13)14(15)16;/h2-9H,1H3,(H,15,16);1H. The van der Waals surface area contributed by atoms with Crippen molar-refractivity contribution in [1.82, 2.24) is 0 Å². The van der Waals surface area contributed by atoms with E-state index in [-0.39, 0.29) is 22.5 Å². The predicted molar refractivity (Wildman–Crippen MR) is 75.0 cm³/mol. The van der Waals surface area contributed by atoms with Crippen LogP contribution < -0.4 is 4.74 Å². The summed E-state index contributed by atoms with van der Waals surface area (Å²) in [7, 11) is 0. The van der Waals surface area contributed by atoms with Crippen LogP contribution in [0.3, 0.4) is 0 Å². The molecule has 0 aliphatic heterocycles. The fourth-order valence-electron chi connectivity index (χ4n) is 1.47. The first-order valence-electron chi connectivity index (χ1n) is 5.23. The van der Waals surface area contributed by atoms with Gasteiger partial charge in [0.05, 0.1) is 0 Å². The number of hydrogen-bond acceptors (Lipinski definition) is 2. The Balaban J connectivity index is 0.00000162. The Morgan fingerprint density at radius 1 is 1.06 bits per heavy atom. The zero-order valence-electron chi connectivity index (χ0n) is 9.79. The smallest absolute Gasteiger partial charge is 0.339 e. The highest BCUT2D eigenvalue weighted by Crippen LogP contribution is 2.25. The second-order valence-corrected chi connectivity index (χ2v) is 3.72. The molecule has 0 aliphatic rings. The van der Waals surface area contributed by atoms with E-state index in [4.69, 9.17) is 9.84 Å². The molecule has 0 unspecified atom stereocenters. The molecule has 0 saturated carbocycles. The number of carboxylic acids is 1. The molecule has 0 radical (unpaired) electrons. The maximum atomic E-state index is 11.0. The highest BCUT2D eigenvalue weighted by molar-refractivity contribution is 8.93. The maximum Gasteiger partial charge on any atom is 0.339 e. The normalized spacial score (nSPS) is 9.39. The van der Waals surface area contributed by atoms with E-state index in [2.05, 4.69) is 0 Å². The van der Waals surface area contributed by atoms with Crippen molar-refractivity contribution in [3.8, 4) is 11.5 Å². The van der Waals surface area contributed by atoms with Crippen molar-refractivity contribution in [2.45, 2.75) is 6.92 Å². The summed E-state index contributed by atoms with van der Waals surface area (Å²) in [6, 6.07) is 14.0. The molecule has 3 nitrogen and oxygen atoms in total. The molecule has 0 saturated heterocycles. The lowest BCUT2D eigenvalue weighted by Crippen LogP contribution is -1.99. The third-order valence-corrected chi connectivity index (χ3v) is 2.37. The average molecular weight is 309 g/mol. The number of benzene rings is 2. The van der Waals surface area contributed by atoms with Crippen molar-refractivity contribution in [3.63, 3.8) is 0 Å². The zero-order chi connectivity index (χ0) is 12.3. The molecular formula is C14H13BrO3. The molecule has 2 aromatic carbocycles. The van der Waals surface area contributed by atoms with Crippen molar-refractivity contribution >= 4 is 23.0 Å². The van der Waals surface area contributed by atoms with Gasteiger partial charge in [-0.05, 0) is 31.2 Å². The SMILES string of the molecule is Br.Cc1ccc(Oc2ccccc2C(=O)O)cc1. The lowest BCUT2D eigenvalue weighted by Gasteiger charge is -2.08. The van der Waals surface area contributed by atoms with Crippen molar-refractivity contribution in [2.75, 3.05) is 0 Å². The fraction of sp³-hybridized carbons (Fsp3) is 0.0714. The Kier molecular flexibility index (Phi) is 4.92. The minimum atomic E-state index is -0.993. The summed E-state index contributed by atoms with van der Waals surface area (Å²) in [5.41, 5.74) is 1.29. The minimum absolute atomic E-state index is 0. The van der Waals surface area contributed by atoms with Crippen LogP contribution in [0.1, 0.15) is 15.9 Å². The van der Waals surface area contributed by atoms with Crippen LogP contribution in [-0.4, -0.2) is 11.1 Å². The molecule has 18 heavy (non-hydrogen) atoms. The van der Waals surface area contributed by atoms with Crippen LogP contribution in [0.4, 0.5) is 0 Å². The number of rotatable bonds is 3. The molecule has 2 rings (SSSR count). The molecular weight excluding hydrogens is 296 g/mol. The summed E-state index contributed by atoms with van der Waals surface area (Å²) in [5, 5.41) is 9.01. The van der Waals surface area contributed by atoms with Gasteiger partial charge in [0, 0.05) is 0 Å². The van der Waals surface area contributed by atoms with Crippen LogP contribution in [0.15, 0.2) is 48.5 Å². The Hall–Kier alpha value is -1.81. The van der Waals surface area contributed by atoms with Gasteiger partial charge in [-0.25, -0.2) is 4.79 Å². The third kappa shape index (κ3) is 3.34. The lowest BCUT2D eigenvalue weighted by atomic mass is 10.2. The van der Waals surface area contributed by atoms with Crippen LogP contribution in [0.25, 0.3) is 0 Å². The first-order valence-corrected chi connectivity index (χ1v) is 5.23. The lowest BCUT2D eigenvalue weighted by molar-refractivity contribution is 0.0694. The third-order valence-electron chi connectivity index (χ3n) is 2.37. The quantitative estimate of drug-likeness (QED) is 0.930. The van der Waals surface area contributed by atoms with E-state index in [1.165, 1.54) is 6.07 Å². The molecule has 0 atom stereocenters. The Labute approximate surface area is 116 Å². The number of carboxylic acid groups (broad SMARTS) is 1. The summed E-state index contributed by atoms with van der Waals surface area (Å²) in [6.07, 6.45) is 0. The van der Waals surface area contributed by atoms with Gasteiger partial charge in [0.2, 0.25) is 0 Å². The second-order valence-electron chi connectivity index (χ2n) is 3.72. The fourth-order valence-corrected chi connectivity index (χ4v) is 1.47.